The molecule has 0 saturated heterocycles. The lowest BCUT2D eigenvalue weighted by atomic mass is 10.1. The molecule has 0 aliphatic heterocycles. The second kappa shape index (κ2) is 4.36. The molecule has 0 aliphatic carbocycles. The molecule has 89 valence electrons. The molecule has 0 fully saturated rings. The summed E-state index contributed by atoms with van der Waals surface area (Å²) in [5.74, 6) is 0.341. The SMILES string of the molecule is O[B]Oc1c(CO)ccc2c1oc1ccccc12. The third-order valence-electron chi connectivity index (χ3n) is 2.92. The molecule has 1 aromatic heterocycles. The van der Waals surface area contributed by atoms with Crippen LogP contribution in [0.15, 0.2) is 40.8 Å². The van der Waals surface area contributed by atoms with Gasteiger partial charge in [-0.15, -0.1) is 0 Å². The molecule has 0 saturated carbocycles. The first-order valence-electron chi connectivity index (χ1n) is 5.51. The Morgan fingerprint density at radius 3 is 2.72 bits per heavy atom. The Kier molecular flexibility index (Phi) is 2.70. The molecule has 4 nitrogen and oxygen atoms in total. The molecule has 0 bridgehead atoms. The molecule has 1 radical (unpaired) electrons. The molecular formula is C13H10BO4. The summed E-state index contributed by atoms with van der Waals surface area (Å²) in [6.07, 6.45) is 0. The smallest absolute Gasteiger partial charge is 0.535 e. The summed E-state index contributed by atoms with van der Waals surface area (Å²) in [6.45, 7) is -0.184. The van der Waals surface area contributed by atoms with Crippen molar-refractivity contribution in [3.05, 3.63) is 42.0 Å². The number of furan rings is 1. The molecule has 0 spiro atoms. The molecule has 2 aromatic carbocycles. The standard InChI is InChI=1S/C13H10BO4/c15-7-8-5-6-10-9-3-1-2-4-11(9)17-13(10)12(8)18-14-16/h1-6,15-16H,7H2. The second-order valence-corrected chi connectivity index (χ2v) is 3.91. The fourth-order valence-corrected chi connectivity index (χ4v) is 2.11. The van der Waals surface area contributed by atoms with E-state index in [-0.39, 0.29) is 6.61 Å². The van der Waals surface area contributed by atoms with E-state index in [4.69, 9.17) is 14.1 Å². The summed E-state index contributed by atoms with van der Waals surface area (Å²) >= 11 is 0. The zero-order chi connectivity index (χ0) is 12.5. The Morgan fingerprint density at radius 2 is 1.94 bits per heavy atom. The summed E-state index contributed by atoms with van der Waals surface area (Å²) in [6, 6.07) is 11.2. The zero-order valence-corrected chi connectivity index (χ0v) is 9.46. The van der Waals surface area contributed by atoms with Gasteiger partial charge in [0.1, 0.15) is 5.58 Å². The van der Waals surface area contributed by atoms with Gasteiger partial charge in [-0.25, -0.2) is 0 Å². The number of rotatable bonds is 3. The molecular weight excluding hydrogens is 231 g/mol. The maximum atomic E-state index is 9.26. The van der Waals surface area contributed by atoms with Crippen molar-refractivity contribution in [2.24, 2.45) is 0 Å². The lowest BCUT2D eigenvalue weighted by molar-refractivity contribution is 0.277. The molecule has 5 heteroatoms. The minimum Gasteiger partial charge on any atom is -0.535 e. The number of fused-ring (bicyclic) bond motifs is 3. The number of benzene rings is 2. The minimum atomic E-state index is -0.184. The highest BCUT2D eigenvalue weighted by atomic mass is 16.5. The van der Waals surface area contributed by atoms with Gasteiger partial charge < -0.3 is 19.2 Å². The summed E-state index contributed by atoms with van der Waals surface area (Å²) in [4.78, 5) is 0. The van der Waals surface area contributed by atoms with E-state index in [0.29, 0.717) is 24.6 Å². The minimum absolute atomic E-state index is 0.184. The van der Waals surface area contributed by atoms with Gasteiger partial charge in [0.2, 0.25) is 0 Å². The number of hydrogen-bond acceptors (Lipinski definition) is 4. The number of para-hydroxylation sites is 1. The van der Waals surface area contributed by atoms with Crippen LogP contribution in [0.4, 0.5) is 0 Å². The predicted octanol–water partition coefficient (Wildman–Crippen LogP) is 1.98. The van der Waals surface area contributed by atoms with Crippen LogP contribution in [0.2, 0.25) is 0 Å². The van der Waals surface area contributed by atoms with E-state index in [1.54, 1.807) is 6.07 Å². The lowest BCUT2D eigenvalue weighted by Gasteiger charge is -2.07. The van der Waals surface area contributed by atoms with Crippen LogP contribution in [0, 0.1) is 0 Å². The van der Waals surface area contributed by atoms with Crippen molar-refractivity contribution in [3.63, 3.8) is 0 Å². The van der Waals surface area contributed by atoms with E-state index in [1.807, 2.05) is 30.3 Å². The molecule has 0 amide bonds. The van der Waals surface area contributed by atoms with Crippen molar-refractivity contribution < 1.29 is 19.2 Å². The van der Waals surface area contributed by atoms with Gasteiger partial charge in [-0.2, -0.15) is 0 Å². The van der Waals surface area contributed by atoms with Gasteiger partial charge in [0.05, 0.1) is 6.61 Å². The van der Waals surface area contributed by atoms with Crippen LogP contribution in [0.1, 0.15) is 5.56 Å². The molecule has 18 heavy (non-hydrogen) atoms. The van der Waals surface area contributed by atoms with Crippen molar-refractivity contribution in [1.29, 1.82) is 0 Å². The molecule has 0 aliphatic rings. The van der Waals surface area contributed by atoms with Crippen LogP contribution in [-0.4, -0.2) is 17.8 Å². The van der Waals surface area contributed by atoms with Crippen molar-refractivity contribution in [2.75, 3.05) is 0 Å². The van der Waals surface area contributed by atoms with Crippen LogP contribution in [-0.2, 0) is 6.61 Å². The summed E-state index contributed by atoms with van der Waals surface area (Å²) in [7, 11) is 0.584. The molecule has 0 atom stereocenters. The Morgan fingerprint density at radius 1 is 1.11 bits per heavy atom. The van der Waals surface area contributed by atoms with Crippen molar-refractivity contribution in [2.45, 2.75) is 6.61 Å². The molecule has 0 unspecified atom stereocenters. The Bertz CT molecular complexity index is 705. The predicted molar refractivity (Wildman–Crippen MR) is 68.2 cm³/mol. The third-order valence-corrected chi connectivity index (χ3v) is 2.92. The van der Waals surface area contributed by atoms with Crippen molar-refractivity contribution in [3.8, 4) is 5.75 Å². The van der Waals surface area contributed by atoms with Gasteiger partial charge in [-0.3, -0.25) is 0 Å². The average Bonchev–Trinajstić information content (AvgIpc) is 2.78. The number of aliphatic hydroxyl groups is 1. The number of hydrogen-bond donors (Lipinski definition) is 2. The van der Waals surface area contributed by atoms with Crippen LogP contribution < -0.4 is 4.65 Å². The highest BCUT2D eigenvalue weighted by Crippen LogP contribution is 2.36. The van der Waals surface area contributed by atoms with Gasteiger partial charge >= 0.3 is 7.69 Å². The first-order valence-corrected chi connectivity index (χ1v) is 5.51. The highest BCUT2D eigenvalue weighted by molar-refractivity contribution is 6.18. The first kappa shape index (κ1) is 11.1. The molecule has 3 rings (SSSR count). The van der Waals surface area contributed by atoms with E-state index >= 15 is 0 Å². The van der Waals surface area contributed by atoms with Crippen LogP contribution in [0.3, 0.4) is 0 Å². The van der Waals surface area contributed by atoms with E-state index in [0.717, 1.165) is 16.4 Å². The normalized spacial score (nSPS) is 11.0. The van der Waals surface area contributed by atoms with Crippen molar-refractivity contribution >= 4 is 29.6 Å². The topological polar surface area (TPSA) is 62.8 Å². The average molecular weight is 241 g/mol. The monoisotopic (exact) mass is 241 g/mol. The van der Waals surface area contributed by atoms with Gasteiger partial charge in [0, 0.05) is 16.3 Å². The fourth-order valence-electron chi connectivity index (χ4n) is 2.11. The summed E-state index contributed by atoms with van der Waals surface area (Å²) in [5, 5.41) is 19.9. The van der Waals surface area contributed by atoms with Gasteiger partial charge in [0.25, 0.3) is 0 Å². The highest BCUT2D eigenvalue weighted by Gasteiger charge is 2.15. The van der Waals surface area contributed by atoms with Crippen LogP contribution in [0.5, 0.6) is 5.75 Å². The van der Waals surface area contributed by atoms with E-state index < -0.39 is 0 Å². The molecule has 1 heterocycles. The Labute approximate surface area is 104 Å². The van der Waals surface area contributed by atoms with Gasteiger partial charge in [-0.05, 0) is 12.1 Å². The van der Waals surface area contributed by atoms with Crippen LogP contribution in [0.25, 0.3) is 21.9 Å². The van der Waals surface area contributed by atoms with E-state index in [9.17, 15) is 5.11 Å². The Balaban J connectivity index is 2.39. The summed E-state index contributed by atoms with van der Waals surface area (Å²) < 4.78 is 10.8. The molecule has 2 N–H and O–H groups in total. The number of aliphatic hydroxyl groups excluding tert-OH is 1. The second-order valence-electron chi connectivity index (χ2n) is 3.91. The Hall–Kier alpha value is -1.98. The summed E-state index contributed by atoms with van der Waals surface area (Å²) in [5.41, 5.74) is 1.82. The largest absolute Gasteiger partial charge is 0.569 e. The zero-order valence-electron chi connectivity index (χ0n) is 9.46. The van der Waals surface area contributed by atoms with Gasteiger partial charge in [0.15, 0.2) is 11.3 Å². The van der Waals surface area contributed by atoms with Crippen molar-refractivity contribution in [1.82, 2.24) is 0 Å². The lowest BCUT2D eigenvalue weighted by Crippen LogP contribution is -2.03. The fraction of sp³-hybridized carbons (Fsp3) is 0.0769. The van der Waals surface area contributed by atoms with E-state index in [2.05, 4.69) is 0 Å². The van der Waals surface area contributed by atoms with Gasteiger partial charge in [-0.1, -0.05) is 24.3 Å². The molecule has 3 aromatic rings. The first-order chi connectivity index (χ1) is 8.85. The quantitative estimate of drug-likeness (QED) is 0.688. The third kappa shape index (κ3) is 1.56. The maximum Gasteiger partial charge on any atom is 0.569 e. The van der Waals surface area contributed by atoms with E-state index in [1.165, 1.54) is 0 Å². The van der Waals surface area contributed by atoms with Crippen LogP contribution >= 0.6 is 0 Å². The maximum absolute atomic E-state index is 9.26.